The summed E-state index contributed by atoms with van der Waals surface area (Å²) in [7, 11) is 0. The fraction of sp³-hybridized carbons (Fsp3) is 0.0769. The van der Waals surface area contributed by atoms with E-state index in [4.69, 9.17) is 0 Å². The molecule has 0 amide bonds. The molecule has 2 aromatic rings. The van der Waals surface area contributed by atoms with E-state index in [0.717, 1.165) is 3.57 Å². The summed E-state index contributed by atoms with van der Waals surface area (Å²) in [6.45, 7) is 0.267. The summed E-state index contributed by atoms with van der Waals surface area (Å²) >= 11 is 2.00. The number of non-ortho nitro benzene ring substituents is 1. The van der Waals surface area contributed by atoms with Crippen LogP contribution in [0.1, 0.15) is 5.56 Å². The Hall–Kier alpha value is -2.23. The van der Waals surface area contributed by atoms with Gasteiger partial charge in [0.1, 0.15) is 5.69 Å². The van der Waals surface area contributed by atoms with Crippen molar-refractivity contribution in [2.24, 2.45) is 0 Å². The zero-order valence-corrected chi connectivity index (χ0v) is 12.8. The molecule has 0 bridgehead atoms. The molecule has 0 heterocycles. The van der Waals surface area contributed by atoms with Crippen molar-refractivity contribution in [1.82, 2.24) is 0 Å². The van der Waals surface area contributed by atoms with Crippen molar-refractivity contribution in [3.05, 3.63) is 71.8 Å². The van der Waals surface area contributed by atoms with Gasteiger partial charge in [0, 0.05) is 28.3 Å². The van der Waals surface area contributed by atoms with E-state index in [2.05, 4.69) is 5.32 Å². The van der Waals surface area contributed by atoms with E-state index in [0.29, 0.717) is 11.3 Å². The Morgan fingerprint density at radius 2 is 1.81 bits per heavy atom. The van der Waals surface area contributed by atoms with Crippen LogP contribution in [0.4, 0.5) is 17.1 Å². The van der Waals surface area contributed by atoms with E-state index < -0.39 is 9.85 Å². The van der Waals surface area contributed by atoms with E-state index in [1.54, 1.807) is 24.3 Å². The van der Waals surface area contributed by atoms with Gasteiger partial charge in [-0.05, 0) is 40.3 Å². The molecule has 8 heteroatoms. The molecule has 0 radical (unpaired) electrons. The molecule has 21 heavy (non-hydrogen) atoms. The summed E-state index contributed by atoms with van der Waals surface area (Å²) in [5.74, 6) is 0. The van der Waals surface area contributed by atoms with Crippen LogP contribution in [-0.4, -0.2) is 9.85 Å². The molecule has 0 aliphatic carbocycles. The highest BCUT2D eigenvalue weighted by Crippen LogP contribution is 2.27. The number of nitro benzene ring substituents is 2. The van der Waals surface area contributed by atoms with Crippen molar-refractivity contribution in [3.63, 3.8) is 0 Å². The maximum Gasteiger partial charge on any atom is 0.293 e. The molecule has 0 unspecified atom stereocenters. The number of hydrogen-bond acceptors (Lipinski definition) is 5. The zero-order chi connectivity index (χ0) is 15.4. The Morgan fingerprint density at radius 3 is 2.48 bits per heavy atom. The van der Waals surface area contributed by atoms with Crippen LogP contribution in [0.25, 0.3) is 0 Å². The maximum absolute atomic E-state index is 11.0. The number of nitro groups is 2. The zero-order valence-electron chi connectivity index (χ0n) is 10.7. The van der Waals surface area contributed by atoms with Crippen LogP contribution in [0.15, 0.2) is 42.5 Å². The van der Waals surface area contributed by atoms with Crippen LogP contribution in [0.3, 0.4) is 0 Å². The number of rotatable bonds is 5. The highest BCUT2D eigenvalue weighted by atomic mass is 127. The second-order valence-electron chi connectivity index (χ2n) is 4.20. The van der Waals surface area contributed by atoms with Gasteiger partial charge in [0.15, 0.2) is 0 Å². The number of nitrogens with zero attached hydrogens (tertiary/aromatic N) is 2. The van der Waals surface area contributed by atoms with Crippen LogP contribution < -0.4 is 5.32 Å². The van der Waals surface area contributed by atoms with E-state index in [1.165, 1.54) is 18.2 Å². The highest BCUT2D eigenvalue weighted by molar-refractivity contribution is 14.1. The lowest BCUT2D eigenvalue weighted by Gasteiger charge is -2.07. The molecule has 0 aliphatic heterocycles. The molecular weight excluding hydrogens is 389 g/mol. The van der Waals surface area contributed by atoms with Crippen LogP contribution in [0, 0.1) is 23.8 Å². The molecule has 1 N–H and O–H groups in total. The Morgan fingerprint density at radius 1 is 1.05 bits per heavy atom. The van der Waals surface area contributed by atoms with Gasteiger partial charge in [0.25, 0.3) is 11.4 Å². The van der Waals surface area contributed by atoms with E-state index in [-0.39, 0.29) is 17.9 Å². The fourth-order valence-corrected chi connectivity index (χ4v) is 2.26. The van der Waals surface area contributed by atoms with Gasteiger partial charge in [-0.15, -0.1) is 0 Å². The second-order valence-corrected chi connectivity index (χ2v) is 5.44. The van der Waals surface area contributed by atoms with Gasteiger partial charge in [-0.2, -0.15) is 0 Å². The first-order valence-electron chi connectivity index (χ1n) is 5.88. The van der Waals surface area contributed by atoms with Gasteiger partial charge < -0.3 is 5.32 Å². The third-order valence-corrected chi connectivity index (χ3v) is 3.43. The number of anilines is 1. The molecule has 0 atom stereocenters. The lowest BCUT2D eigenvalue weighted by molar-refractivity contribution is -0.384. The van der Waals surface area contributed by atoms with Crippen molar-refractivity contribution in [1.29, 1.82) is 0 Å². The van der Waals surface area contributed by atoms with Crippen molar-refractivity contribution in [3.8, 4) is 0 Å². The molecule has 0 saturated carbocycles. The Balaban J connectivity index is 2.18. The SMILES string of the molecule is O=[N+]([O-])c1cccc(CNc2ccc(I)cc2[N+](=O)[O-])c1. The summed E-state index contributed by atoms with van der Waals surface area (Å²) < 4.78 is 0.764. The minimum absolute atomic E-state index is 0.00795. The number of hydrogen-bond donors (Lipinski definition) is 1. The molecule has 0 spiro atoms. The predicted molar refractivity (Wildman–Crippen MR) is 86.2 cm³/mol. The summed E-state index contributed by atoms with van der Waals surface area (Å²) in [6, 6.07) is 11.0. The van der Waals surface area contributed by atoms with Crippen LogP contribution in [0.5, 0.6) is 0 Å². The number of nitrogens with one attached hydrogen (secondary N) is 1. The van der Waals surface area contributed by atoms with Gasteiger partial charge in [-0.3, -0.25) is 20.2 Å². The molecule has 2 aromatic carbocycles. The van der Waals surface area contributed by atoms with Crippen molar-refractivity contribution < 1.29 is 9.85 Å². The van der Waals surface area contributed by atoms with E-state index in [9.17, 15) is 20.2 Å². The maximum atomic E-state index is 11.0. The van der Waals surface area contributed by atoms with E-state index >= 15 is 0 Å². The Bertz CT molecular complexity index is 706. The van der Waals surface area contributed by atoms with Gasteiger partial charge in [0.05, 0.1) is 9.85 Å². The average Bonchev–Trinajstić information content (AvgIpc) is 2.46. The third-order valence-electron chi connectivity index (χ3n) is 2.76. The number of halogens is 1. The van der Waals surface area contributed by atoms with Gasteiger partial charge in [-0.25, -0.2) is 0 Å². The van der Waals surface area contributed by atoms with Crippen LogP contribution >= 0.6 is 22.6 Å². The predicted octanol–water partition coefficient (Wildman–Crippen LogP) is 3.72. The molecule has 7 nitrogen and oxygen atoms in total. The topological polar surface area (TPSA) is 98.3 Å². The molecule has 2 rings (SSSR count). The monoisotopic (exact) mass is 399 g/mol. The van der Waals surface area contributed by atoms with Crippen LogP contribution in [0.2, 0.25) is 0 Å². The first-order valence-corrected chi connectivity index (χ1v) is 6.96. The first-order chi connectivity index (χ1) is 9.97. The Labute approximate surface area is 133 Å². The fourth-order valence-electron chi connectivity index (χ4n) is 1.78. The average molecular weight is 399 g/mol. The summed E-state index contributed by atoms with van der Waals surface area (Å²) in [4.78, 5) is 20.8. The normalized spacial score (nSPS) is 10.1. The summed E-state index contributed by atoms with van der Waals surface area (Å²) in [5.41, 5.74) is 1.03. The van der Waals surface area contributed by atoms with Crippen LogP contribution in [-0.2, 0) is 6.54 Å². The minimum atomic E-state index is -0.475. The molecule has 0 fully saturated rings. The second kappa shape index (κ2) is 6.48. The van der Waals surface area contributed by atoms with Crippen molar-refractivity contribution >= 4 is 39.7 Å². The van der Waals surface area contributed by atoms with Gasteiger partial charge >= 0.3 is 0 Å². The van der Waals surface area contributed by atoms with E-state index in [1.807, 2.05) is 22.6 Å². The molecule has 0 aliphatic rings. The third kappa shape index (κ3) is 3.88. The lowest BCUT2D eigenvalue weighted by Crippen LogP contribution is -2.03. The molecule has 0 aromatic heterocycles. The largest absolute Gasteiger partial charge is 0.375 e. The number of benzene rings is 2. The molecule has 0 saturated heterocycles. The summed E-state index contributed by atoms with van der Waals surface area (Å²) in [6.07, 6.45) is 0. The van der Waals surface area contributed by atoms with Gasteiger partial charge in [0.2, 0.25) is 0 Å². The molecule has 108 valence electrons. The standard InChI is InChI=1S/C13H10IN3O4/c14-10-4-5-12(13(7-10)17(20)21)15-8-9-2-1-3-11(6-9)16(18)19/h1-7,15H,8H2. The van der Waals surface area contributed by atoms with Gasteiger partial charge in [-0.1, -0.05) is 12.1 Å². The smallest absolute Gasteiger partial charge is 0.293 e. The summed E-state index contributed by atoms with van der Waals surface area (Å²) in [5, 5.41) is 24.6. The van der Waals surface area contributed by atoms with Crippen molar-refractivity contribution in [2.45, 2.75) is 6.54 Å². The quantitative estimate of drug-likeness (QED) is 0.470. The van der Waals surface area contributed by atoms with Crippen molar-refractivity contribution in [2.75, 3.05) is 5.32 Å². The highest BCUT2D eigenvalue weighted by Gasteiger charge is 2.14. The Kier molecular flexibility index (Phi) is 4.68. The lowest BCUT2D eigenvalue weighted by atomic mass is 10.2. The first kappa shape index (κ1) is 15.2. The minimum Gasteiger partial charge on any atom is -0.375 e. The molecular formula is C13H10IN3O4.